The number of halogens is 1. The average Bonchev–Trinajstić information content (AvgIpc) is 2.82. The van der Waals surface area contributed by atoms with Gasteiger partial charge in [0.25, 0.3) is 0 Å². The van der Waals surface area contributed by atoms with Crippen molar-refractivity contribution >= 4 is 23.1 Å². The molecule has 2 aromatic carbocycles. The van der Waals surface area contributed by atoms with Crippen LogP contribution < -0.4 is 5.32 Å². The zero-order valence-corrected chi connectivity index (χ0v) is 10.4. The molecule has 0 radical (unpaired) electrons. The van der Waals surface area contributed by atoms with Gasteiger partial charge in [-0.1, -0.05) is 41.9 Å². The van der Waals surface area contributed by atoms with Crippen molar-refractivity contribution in [3.8, 4) is 0 Å². The molecule has 0 saturated carbocycles. The number of para-hydroxylation sites is 1. The largest absolute Gasteiger partial charge is 0.384 e. The third-order valence-corrected chi connectivity index (χ3v) is 3.49. The van der Waals surface area contributed by atoms with Crippen molar-refractivity contribution in [1.82, 2.24) is 0 Å². The average molecular weight is 258 g/mol. The number of benzene rings is 2. The highest BCUT2D eigenvalue weighted by Gasteiger charge is 2.28. The number of hydrogen-bond donors (Lipinski definition) is 1. The predicted molar refractivity (Wildman–Crippen MR) is 73.5 cm³/mol. The summed E-state index contributed by atoms with van der Waals surface area (Å²) >= 11 is 5.93. The molecule has 2 nitrogen and oxygen atoms in total. The number of Topliss-reactive ketones (excluding diaryl/α,β-unsaturated/α-hetero) is 1. The van der Waals surface area contributed by atoms with Crippen molar-refractivity contribution in [2.45, 2.75) is 5.92 Å². The van der Waals surface area contributed by atoms with Crippen LogP contribution in [0.3, 0.4) is 0 Å². The number of anilines is 1. The van der Waals surface area contributed by atoms with Gasteiger partial charge >= 0.3 is 0 Å². The normalized spacial score (nSPS) is 17.1. The summed E-state index contributed by atoms with van der Waals surface area (Å²) in [5.41, 5.74) is 2.80. The van der Waals surface area contributed by atoms with Gasteiger partial charge in [0.05, 0.1) is 5.92 Å². The molecule has 0 bridgehead atoms. The van der Waals surface area contributed by atoms with Crippen molar-refractivity contribution < 1.29 is 4.79 Å². The van der Waals surface area contributed by atoms with Crippen LogP contribution in [0.1, 0.15) is 21.8 Å². The summed E-state index contributed by atoms with van der Waals surface area (Å²) in [6.45, 7) is 0.657. The van der Waals surface area contributed by atoms with Gasteiger partial charge in [-0.05, 0) is 23.8 Å². The Morgan fingerprint density at radius 3 is 2.83 bits per heavy atom. The van der Waals surface area contributed by atoms with E-state index in [0.717, 1.165) is 11.3 Å². The van der Waals surface area contributed by atoms with Crippen LogP contribution in [0.15, 0.2) is 48.5 Å². The maximum Gasteiger partial charge on any atom is 0.172 e. The standard InChI is InChI=1S/C15H12ClNO/c16-11-5-3-4-10(8-11)15(18)13-9-17-14-7-2-1-6-12(13)14/h1-8,13,17H,9H2. The Bertz CT molecular complexity index is 609. The Labute approximate surface area is 111 Å². The summed E-state index contributed by atoms with van der Waals surface area (Å²) in [5, 5.41) is 3.86. The van der Waals surface area contributed by atoms with Crippen LogP contribution in [0.5, 0.6) is 0 Å². The first kappa shape index (κ1) is 11.3. The summed E-state index contributed by atoms with van der Waals surface area (Å²) in [4.78, 5) is 12.5. The molecule has 1 atom stereocenters. The second-order valence-electron chi connectivity index (χ2n) is 4.40. The first-order valence-electron chi connectivity index (χ1n) is 5.88. The molecular weight excluding hydrogens is 246 g/mol. The fourth-order valence-electron chi connectivity index (χ4n) is 2.36. The molecule has 3 heteroatoms. The fraction of sp³-hybridized carbons (Fsp3) is 0.133. The lowest BCUT2D eigenvalue weighted by Gasteiger charge is -2.09. The van der Waals surface area contributed by atoms with E-state index >= 15 is 0 Å². The number of rotatable bonds is 2. The molecule has 1 aliphatic rings. The lowest BCUT2D eigenvalue weighted by Crippen LogP contribution is -2.14. The molecule has 1 N–H and O–H groups in total. The molecule has 2 aromatic rings. The van der Waals surface area contributed by atoms with Crippen LogP contribution in [-0.4, -0.2) is 12.3 Å². The molecule has 0 amide bonds. The van der Waals surface area contributed by atoms with Crippen molar-refractivity contribution in [3.05, 3.63) is 64.7 Å². The fourth-order valence-corrected chi connectivity index (χ4v) is 2.55. The highest BCUT2D eigenvalue weighted by Crippen LogP contribution is 2.33. The van der Waals surface area contributed by atoms with Gasteiger partial charge in [0.15, 0.2) is 5.78 Å². The zero-order chi connectivity index (χ0) is 12.5. The van der Waals surface area contributed by atoms with Gasteiger partial charge in [-0.2, -0.15) is 0 Å². The van der Waals surface area contributed by atoms with Gasteiger partial charge in [0.1, 0.15) is 0 Å². The van der Waals surface area contributed by atoms with Crippen LogP contribution in [0.25, 0.3) is 0 Å². The molecule has 3 rings (SSSR count). The quantitative estimate of drug-likeness (QED) is 0.831. The maximum absolute atomic E-state index is 12.5. The first-order chi connectivity index (χ1) is 8.75. The van der Waals surface area contributed by atoms with Crippen LogP contribution in [0.4, 0.5) is 5.69 Å². The van der Waals surface area contributed by atoms with Crippen LogP contribution in [-0.2, 0) is 0 Å². The summed E-state index contributed by atoms with van der Waals surface area (Å²) in [7, 11) is 0. The third-order valence-electron chi connectivity index (χ3n) is 3.26. The Morgan fingerprint density at radius 2 is 2.00 bits per heavy atom. The molecule has 1 aliphatic heterocycles. The number of nitrogens with one attached hydrogen (secondary N) is 1. The lowest BCUT2D eigenvalue weighted by molar-refractivity contribution is 0.0966. The second-order valence-corrected chi connectivity index (χ2v) is 4.83. The van der Waals surface area contributed by atoms with E-state index in [4.69, 9.17) is 11.6 Å². The van der Waals surface area contributed by atoms with E-state index in [-0.39, 0.29) is 11.7 Å². The summed E-state index contributed by atoms with van der Waals surface area (Å²) in [5.74, 6) is 0.00890. The monoisotopic (exact) mass is 257 g/mol. The minimum absolute atomic E-state index is 0.111. The number of hydrogen-bond acceptors (Lipinski definition) is 2. The Kier molecular flexibility index (Phi) is 2.80. The van der Waals surface area contributed by atoms with Gasteiger partial charge in [0, 0.05) is 22.8 Å². The van der Waals surface area contributed by atoms with Gasteiger partial charge in [0.2, 0.25) is 0 Å². The summed E-state index contributed by atoms with van der Waals surface area (Å²) < 4.78 is 0. The van der Waals surface area contributed by atoms with E-state index in [0.29, 0.717) is 17.1 Å². The lowest BCUT2D eigenvalue weighted by atomic mass is 9.92. The minimum atomic E-state index is -0.111. The Balaban J connectivity index is 1.96. The Morgan fingerprint density at radius 1 is 1.17 bits per heavy atom. The molecular formula is C15H12ClNO. The summed E-state index contributed by atoms with van der Waals surface area (Å²) in [6.07, 6.45) is 0. The van der Waals surface area contributed by atoms with Crippen LogP contribution >= 0.6 is 11.6 Å². The van der Waals surface area contributed by atoms with Gasteiger partial charge in [-0.15, -0.1) is 0 Å². The van der Waals surface area contributed by atoms with E-state index in [2.05, 4.69) is 5.32 Å². The second kappa shape index (κ2) is 4.46. The van der Waals surface area contributed by atoms with Crippen molar-refractivity contribution in [1.29, 1.82) is 0 Å². The van der Waals surface area contributed by atoms with Crippen LogP contribution in [0, 0.1) is 0 Å². The van der Waals surface area contributed by atoms with Crippen LogP contribution in [0.2, 0.25) is 5.02 Å². The van der Waals surface area contributed by atoms with E-state index in [1.54, 1.807) is 12.1 Å². The molecule has 18 heavy (non-hydrogen) atoms. The van der Waals surface area contributed by atoms with Crippen molar-refractivity contribution in [3.63, 3.8) is 0 Å². The van der Waals surface area contributed by atoms with E-state index in [9.17, 15) is 4.79 Å². The van der Waals surface area contributed by atoms with Crippen molar-refractivity contribution in [2.24, 2.45) is 0 Å². The molecule has 0 fully saturated rings. The number of fused-ring (bicyclic) bond motifs is 1. The SMILES string of the molecule is O=C(c1cccc(Cl)c1)C1CNc2ccccc21. The molecule has 0 aromatic heterocycles. The topological polar surface area (TPSA) is 29.1 Å². The molecule has 0 spiro atoms. The first-order valence-corrected chi connectivity index (χ1v) is 6.26. The zero-order valence-electron chi connectivity index (χ0n) is 9.69. The molecule has 1 heterocycles. The van der Waals surface area contributed by atoms with Gasteiger partial charge < -0.3 is 5.32 Å². The minimum Gasteiger partial charge on any atom is -0.384 e. The third kappa shape index (κ3) is 1.89. The predicted octanol–water partition coefficient (Wildman–Crippen LogP) is 3.73. The van der Waals surface area contributed by atoms with E-state index < -0.39 is 0 Å². The van der Waals surface area contributed by atoms with E-state index in [1.807, 2.05) is 36.4 Å². The highest BCUT2D eigenvalue weighted by molar-refractivity contribution is 6.31. The molecule has 0 saturated heterocycles. The van der Waals surface area contributed by atoms with Gasteiger partial charge in [-0.3, -0.25) is 4.79 Å². The Hall–Kier alpha value is -1.80. The maximum atomic E-state index is 12.5. The highest BCUT2D eigenvalue weighted by atomic mass is 35.5. The molecule has 1 unspecified atom stereocenters. The molecule has 0 aliphatic carbocycles. The number of carbonyl (C=O) groups excluding carboxylic acids is 1. The summed E-state index contributed by atoms with van der Waals surface area (Å²) in [6, 6.07) is 15.1. The molecule has 90 valence electrons. The van der Waals surface area contributed by atoms with Gasteiger partial charge in [-0.25, -0.2) is 0 Å². The smallest absolute Gasteiger partial charge is 0.172 e. The van der Waals surface area contributed by atoms with E-state index in [1.165, 1.54) is 0 Å². The van der Waals surface area contributed by atoms with Crippen molar-refractivity contribution in [2.75, 3.05) is 11.9 Å². The number of ketones is 1. The number of carbonyl (C=O) groups is 1.